The number of nitrogens with zero attached hydrogens (tertiary/aromatic N) is 1. The number of ether oxygens (including phenoxy) is 2. The zero-order valence-electron chi connectivity index (χ0n) is 13.8. The van der Waals surface area contributed by atoms with Crippen molar-refractivity contribution in [2.75, 3.05) is 30.4 Å². The van der Waals surface area contributed by atoms with Gasteiger partial charge in [-0.3, -0.25) is 9.59 Å². The molecule has 2 amide bonds. The predicted octanol–water partition coefficient (Wildman–Crippen LogP) is 1.39. The fraction of sp³-hybridized carbons (Fsp3) is 0.222. The van der Waals surface area contributed by atoms with Crippen molar-refractivity contribution in [3.05, 3.63) is 48.5 Å². The molecule has 0 unspecified atom stereocenters. The van der Waals surface area contributed by atoms with Gasteiger partial charge in [0, 0.05) is 0 Å². The standard InChI is InChI=1S/C18H19N3O4/c1-24-14-8-4-2-6-12(14)20-17(22)11-21-10-16(18(19)23)25-15-9-5-3-7-13(15)21/h2-9,16H,10-11H2,1H3,(H2,19,23)(H,20,22)/t16-/m0/s1. The van der Waals surface area contributed by atoms with E-state index < -0.39 is 12.0 Å². The van der Waals surface area contributed by atoms with Crippen LogP contribution < -0.4 is 25.4 Å². The molecule has 1 aliphatic heterocycles. The molecule has 1 heterocycles. The van der Waals surface area contributed by atoms with Gasteiger partial charge in [0.25, 0.3) is 5.91 Å². The highest BCUT2D eigenvalue weighted by atomic mass is 16.5. The second kappa shape index (κ2) is 7.12. The van der Waals surface area contributed by atoms with Crippen molar-refractivity contribution in [2.45, 2.75) is 6.10 Å². The molecule has 0 spiro atoms. The molecule has 2 aromatic rings. The van der Waals surface area contributed by atoms with Gasteiger partial charge in [-0.25, -0.2) is 0 Å². The van der Waals surface area contributed by atoms with Crippen molar-refractivity contribution in [2.24, 2.45) is 5.73 Å². The quantitative estimate of drug-likeness (QED) is 0.857. The first-order valence-corrected chi connectivity index (χ1v) is 7.81. The largest absolute Gasteiger partial charge is 0.495 e. The van der Waals surface area contributed by atoms with E-state index in [0.29, 0.717) is 17.2 Å². The number of benzene rings is 2. The van der Waals surface area contributed by atoms with Crippen LogP contribution in [0.4, 0.5) is 11.4 Å². The van der Waals surface area contributed by atoms with E-state index in [-0.39, 0.29) is 19.0 Å². The Labute approximate surface area is 145 Å². The molecule has 0 bridgehead atoms. The van der Waals surface area contributed by atoms with Gasteiger partial charge < -0.3 is 25.4 Å². The highest BCUT2D eigenvalue weighted by molar-refractivity contribution is 5.96. The van der Waals surface area contributed by atoms with E-state index in [1.54, 1.807) is 36.3 Å². The van der Waals surface area contributed by atoms with E-state index in [1.807, 2.05) is 24.3 Å². The van der Waals surface area contributed by atoms with Crippen LogP contribution in [0.1, 0.15) is 0 Å². The van der Waals surface area contributed by atoms with Gasteiger partial charge in [0.1, 0.15) is 11.5 Å². The Hall–Kier alpha value is -3.22. The average Bonchev–Trinajstić information content (AvgIpc) is 2.62. The molecule has 1 aliphatic rings. The number of primary amides is 1. The SMILES string of the molecule is COc1ccccc1NC(=O)CN1C[C@@H](C(N)=O)Oc2ccccc21. The van der Waals surface area contributed by atoms with Crippen molar-refractivity contribution < 1.29 is 19.1 Å². The summed E-state index contributed by atoms with van der Waals surface area (Å²) in [6, 6.07) is 14.4. The monoisotopic (exact) mass is 341 g/mol. The molecule has 0 aromatic heterocycles. The summed E-state index contributed by atoms with van der Waals surface area (Å²) in [5.41, 5.74) is 6.70. The molecule has 0 aliphatic carbocycles. The molecule has 7 nitrogen and oxygen atoms in total. The number of carbonyl (C=O) groups excluding carboxylic acids is 2. The third-order valence-corrected chi connectivity index (χ3v) is 3.89. The molecule has 25 heavy (non-hydrogen) atoms. The Bertz CT molecular complexity index is 793. The van der Waals surface area contributed by atoms with Gasteiger partial charge in [-0.1, -0.05) is 24.3 Å². The third-order valence-electron chi connectivity index (χ3n) is 3.89. The first-order chi connectivity index (χ1) is 12.1. The number of amides is 2. The number of nitrogens with one attached hydrogen (secondary N) is 1. The van der Waals surface area contributed by atoms with Gasteiger partial charge in [-0.05, 0) is 24.3 Å². The van der Waals surface area contributed by atoms with Gasteiger partial charge in [-0.2, -0.15) is 0 Å². The van der Waals surface area contributed by atoms with Crippen LogP contribution in [0.25, 0.3) is 0 Å². The van der Waals surface area contributed by atoms with Crippen molar-refractivity contribution in [3.63, 3.8) is 0 Å². The van der Waals surface area contributed by atoms with Gasteiger partial charge in [-0.15, -0.1) is 0 Å². The van der Waals surface area contributed by atoms with Crippen LogP contribution in [-0.2, 0) is 9.59 Å². The summed E-state index contributed by atoms with van der Waals surface area (Å²) in [5.74, 6) is 0.310. The zero-order valence-corrected chi connectivity index (χ0v) is 13.8. The molecule has 0 saturated carbocycles. The number of methoxy groups -OCH3 is 1. The van der Waals surface area contributed by atoms with Crippen molar-refractivity contribution in [1.29, 1.82) is 0 Å². The van der Waals surface area contributed by atoms with Crippen molar-refractivity contribution in [3.8, 4) is 11.5 Å². The van der Waals surface area contributed by atoms with Crippen LogP contribution >= 0.6 is 0 Å². The van der Waals surface area contributed by atoms with Crippen LogP contribution in [0, 0.1) is 0 Å². The number of hydrogen-bond acceptors (Lipinski definition) is 5. The first-order valence-electron chi connectivity index (χ1n) is 7.81. The predicted molar refractivity (Wildman–Crippen MR) is 93.9 cm³/mol. The summed E-state index contributed by atoms with van der Waals surface area (Å²) in [6.07, 6.45) is -0.797. The molecule has 7 heteroatoms. The molecule has 1 atom stereocenters. The van der Waals surface area contributed by atoms with Crippen molar-refractivity contribution in [1.82, 2.24) is 0 Å². The highest BCUT2D eigenvalue weighted by Crippen LogP contribution is 2.33. The van der Waals surface area contributed by atoms with Gasteiger partial charge >= 0.3 is 0 Å². The molecule has 0 saturated heterocycles. The molecule has 3 rings (SSSR count). The molecular weight excluding hydrogens is 322 g/mol. The number of hydrogen-bond donors (Lipinski definition) is 2. The summed E-state index contributed by atoms with van der Waals surface area (Å²) in [6.45, 7) is 0.272. The minimum atomic E-state index is -0.797. The van der Waals surface area contributed by atoms with Gasteiger partial charge in [0.2, 0.25) is 5.91 Å². The maximum absolute atomic E-state index is 12.5. The Balaban J connectivity index is 1.77. The normalized spacial score (nSPS) is 15.7. The second-order valence-corrected chi connectivity index (χ2v) is 5.61. The molecule has 0 radical (unpaired) electrons. The summed E-state index contributed by atoms with van der Waals surface area (Å²) >= 11 is 0. The van der Waals surface area contributed by atoms with E-state index >= 15 is 0 Å². The number of rotatable bonds is 5. The van der Waals surface area contributed by atoms with Crippen molar-refractivity contribution >= 4 is 23.2 Å². The van der Waals surface area contributed by atoms with Gasteiger partial charge in [0.05, 0.1) is 31.6 Å². The minimum absolute atomic E-state index is 0.0577. The smallest absolute Gasteiger partial charge is 0.260 e. The van der Waals surface area contributed by atoms with Crippen LogP contribution in [0.3, 0.4) is 0 Å². The summed E-state index contributed by atoms with van der Waals surface area (Å²) in [7, 11) is 1.54. The molecule has 0 fully saturated rings. The van der Waals surface area contributed by atoms with Crippen LogP contribution in [0.2, 0.25) is 0 Å². The minimum Gasteiger partial charge on any atom is -0.495 e. The Morgan fingerprint density at radius 1 is 1.24 bits per heavy atom. The summed E-state index contributed by atoms with van der Waals surface area (Å²) in [4.78, 5) is 25.8. The molecule has 3 N–H and O–H groups in total. The number of para-hydroxylation sites is 4. The van der Waals surface area contributed by atoms with Gasteiger partial charge in [0.15, 0.2) is 6.10 Å². The zero-order chi connectivity index (χ0) is 17.8. The van der Waals surface area contributed by atoms with Crippen LogP contribution in [-0.4, -0.2) is 38.1 Å². The topological polar surface area (TPSA) is 93.9 Å². The van der Waals surface area contributed by atoms with E-state index in [4.69, 9.17) is 15.2 Å². The Kier molecular flexibility index (Phi) is 4.74. The van der Waals surface area contributed by atoms with E-state index in [0.717, 1.165) is 5.69 Å². The molecular formula is C18H19N3O4. The lowest BCUT2D eigenvalue weighted by atomic mass is 10.1. The van der Waals surface area contributed by atoms with E-state index in [9.17, 15) is 9.59 Å². The maximum Gasteiger partial charge on any atom is 0.260 e. The summed E-state index contributed by atoms with van der Waals surface area (Å²) in [5, 5.41) is 2.82. The lowest BCUT2D eigenvalue weighted by Gasteiger charge is -2.34. The number of anilines is 2. The van der Waals surface area contributed by atoms with Crippen LogP contribution in [0.5, 0.6) is 11.5 Å². The third kappa shape index (κ3) is 3.65. The van der Waals surface area contributed by atoms with Crippen LogP contribution in [0.15, 0.2) is 48.5 Å². The fourth-order valence-corrected chi connectivity index (χ4v) is 2.72. The fourth-order valence-electron chi connectivity index (χ4n) is 2.72. The molecule has 130 valence electrons. The first kappa shape index (κ1) is 16.6. The Morgan fingerprint density at radius 3 is 2.72 bits per heavy atom. The number of carbonyl (C=O) groups is 2. The maximum atomic E-state index is 12.5. The lowest BCUT2D eigenvalue weighted by Crippen LogP contribution is -2.49. The Morgan fingerprint density at radius 2 is 1.96 bits per heavy atom. The lowest BCUT2D eigenvalue weighted by molar-refractivity contribution is -0.125. The molecule has 2 aromatic carbocycles. The number of nitrogens with two attached hydrogens (primary N) is 1. The number of fused-ring (bicyclic) bond motifs is 1. The average molecular weight is 341 g/mol. The van der Waals surface area contributed by atoms with E-state index in [2.05, 4.69) is 5.32 Å². The highest BCUT2D eigenvalue weighted by Gasteiger charge is 2.30. The summed E-state index contributed by atoms with van der Waals surface area (Å²) < 4.78 is 10.8. The van der Waals surface area contributed by atoms with E-state index in [1.165, 1.54) is 0 Å². The second-order valence-electron chi connectivity index (χ2n) is 5.61.